The van der Waals surface area contributed by atoms with Crippen molar-refractivity contribution in [1.29, 1.82) is 0 Å². The summed E-state index contributed by atoms with van der Waals surface area (Å²) < 4.78 is 0. The van der Waals surface area contributed by atoms with Gasteiger partial charge in [0.25, 0.3) is 5.91 Å². The lowest BCUT2D eigenvalue weighted by molar-refractivity contribution is -0.132. The van der Waals surface area contributed by atoms with Gasteiger partial charge in [-0.1, -0.05) is 19.8 Å². The van der Waals surface area contributed by atoms with Gasteiger partial charge in [0.2, 0.25) is 5.91 Å². The Hall–Kier alpha value is -2.28. The zero-order chi connectivity index (χ0) is 20.2. The summed E-state index contributed by atoms with van der Waals surface area (Å²) in [6.07, 6.45) is 8.77. The molecule has 2 amide bonds. The molecular weight excluding hydrogens is 384 g/mol. The maximum Gasteiger partial charge on any atom is 0.256 e. The van der Waals surface area contributed by atoms with Crippen molar-refractivity contribution in [3.63, 3.8) is 0 Å². The monoisotopic (exact) mass is 410 g/mol. The molecule has 0 spiro atoms. The number of rotatable bonds is 2. The van der Waals surface area contributed by atoms with Crippen LogP contribution in [0.4, 0.5) is 0 Å². The van der Waals surface area contributed by atoms with E-state index in [0.717, 1.165) is 37.0 Å². The molecule has 4 heterocycles. The Morgan fingerprint density at radius 3 is 2.76 bits per heavy atom. The molecule has 29 heavy (non-hydrogen) atoms. The third-order valence-electron chi connectivity index (χ3n) is 7.24. The van der Waals surface area contributed by atoms with E-state index in [4.69, 9.17) is 0 Å². The van der Waals surface area contributed by atoms with Gasteiger partial charge < -0.3 is 9.80 Å². The number of hydrogen-bond donors (Lipinski definition) is 0. The van der Waals surface area contributed by atoms with Crippen molar-refractivity contribution < 1.29 is 9.59 Å². The summed E-state index contributed by atoms with van der Waals surface area (Å²) in [5.74, 6) is 0.180. The van der Waals surface area contributed by atoms with Gasteiger partial charge in [-0.15, -0.1) is 11.3 Å². The van der Waals surface area contributed by atoms with Crippen LogP contribution in [0.25, 0.3) is 10.6 Å². The largest absolute Gasteiger partial charge is 0.335 e. The van der Waals surface area contributed by atoms with E-state index in [2.05, 4.69) is 26.7 Å². The molecule has 4 atom stereocenters. The van der Waals surface area contributed by atoms with Crippen molar-refractivity contribution >= 4 is 23.2 Å². The third-order valence-corrected chi connectivity index (χ3v) is 8.02. The van der Waals surface area contributed by atoms with Crippen molar-refractivity contribution in [2.45, 2.75) is 64.1 Å². The summed E-state index contributed by atoms with van der Waals surface area (Å²) >= 11 is 1.50. The Labute approximate surface area is 175 Å². The Morgan fingerprint density at radius 2 is 2.03 bits per heavy atom. The first-order valence-electron chi connectivity index (χ1n) is 10.4. The van der Waals surface area contributed by atoms with E-state index >= 15 is 0 Å². The van der Waals surface area contributed by atoms with E-state index in [1.165, 1.54) is 11.3 Å². The van der Waals surface area contributed by atoms with Crippen molar-refractivity contribution in [2.75, 3.05) is 6.54 Å². The van der Waals surface area contributed by atoms with Gasteiger partial charge in [-0.3, -0.25) is 19.6 Å². The highest BCUT2D eigenvalue weighted by Crippen LogP contribution is 2.53. The van der Waals surface area contributed by atoms with Gasteiger partial charge in [0.15, 0.2) is 0 Å². The molecule has 7 heteroatoms. The number of aromatic nitrogens is 2. The Morgan fingerprint density at radius 1 is 1.24 bits per heavy atom. The zero-order valence-electron chi connectivity index (χ0n) is 16.9. The van der Waals surface area contributed by atoms with Gasteiger partial charge in [0, 0.05) is 43.4 Å². The van der Waals surface area contributed by atoms with E-state index in [1.54, 1.807) is 24.8 Å². The Balaban J connectivity index is 1.56. The second-order valence-corrected chi connectivity index (χ2v) is 9.72. The van der Waals surface area contributed by atoms with Crippen molar-refractivity contribution in [3.8, 4) is 10.6 Å². The molecule has 6 nitrogen and oxygen atoms in total. The molecule has 0 aromatic carbocycles. The molecule has 3 aliphatic rings. The highest BCUT2D eigenvalue weighted by molar-refractivity contribution is 7.13. The number of fused-ring (bicyclic) bond motifs is 1. The van der Waals surface area contributed by atoms with Crippen molar-refractivity contribution in [2.24, 2.45) is 5.41 Å². The second kappa shape index (κ2) is 6.90. The SMILES string of the molecule is CC(=O)N1[C@@H]2CN(C(=O)c3cccnc3-c3cncs3)[C@@H]3CCCC[C@H]1[C@]3(C)C2. The first-order valence-corrected chi connectivity index (χ1v) is 11.3. The van der Waals surface area contributed by atoms with Crippen LogP contribution in [0.5, 0.6) is 0 Å². The van der Waals surface area contributed by atoms with Crippen molar-refractivity contribution in [1.82, 2.24) is 19.8 Å². The second-order valence-electron chi connectivity index (χ2n) is 8.83. The summed E-state index contributed by atoms with van der Waals surface area (Å²) in [6, 6.07) is 4.22. The molecular formula is C22H26N4O2S. The molecule has 0 N–H and O–H groups in total. The molecule has 2 aromatic heterocycles. The number of hydrogen-bond acceptors (Lipinski definition) is 5. The zero-order valence-corrected chi connectivity index (χ0v) is 17.7. The van der Waals surface area contributed by atoms with Crippen LogP contribution in [0, 0.1) is 5.41 Å². The van der Waals surface area contributed by atoms with Gasteiger partial charge in [-0.05, 0) is 31.4 Å². The summed E-state index contributed by atoms with van der Waals surface area (Å²) in [6.45, 7) is 4.60. The molecule has 2 aliphatic heterocycles. The van der Waals surface area contributed by atoms with Crippen LogP contribution >= 0.6 is 11.3 Å². The van der Waals surface area contributed by atoms with Crippen LogP contribution in [-0.4, -0.2) is 56.3 Å². The number of thiazole rings is 1. The van der Waals surface area contributed by atoms with E-state index in [-0.39, 0.29) is 35.4 Å². The van der Waals surface area contributed by atoms with Gasteiger partial charge >= 0.3 is 0 Å². The lowest BCUT2D eigenvalue weighted by atomic mass is 9.71. The van der Waals surface area contributed by atoms with E-state index in [1.807, 2.05) is 12.1 Å². The van der Waals surface area contributed by atoms with E-state index in [0.29, 0.717) is 17.8 Å². The number of likely N-dealkylation sites (tertiary alicyclic amines) is 2. The quantitative estimate of drug-likeness (QED) is 0.759. The van der Waals surface area contributed by atoms with Crippen LogP contribution in [-0.2, 0) is 4.79 Å². The standard InChI is InChI=1S/C22H26N4O2S/c1-14(27)26-15-10-22(2)18(7-3-4-8-19(22)26)25(12-15)21(28)16-6-5-9-24-20(16)17-11-23-13-29-17/h5-6,9,11,13,15,18-19H,3-4,7-8,10,12H2,1-2H3/t15-,18+,19-,22+/m0/s1. The average molecular weight is 411 g/mol. The number of nitrogens with zero attached hydrogens (tertiary/aromatic N) is 4. The predicted molar refractivity (Wildman–Crippen MR) is 111 cm³/mol. The molecule has 2 saturated heterocycles. The fourth-order valence-corrected chi connectivity index (χ4v) is 6.76. The fraction of sp³-hybridized carbons (Fsp3) is 0.545. The van der Waals surface area contributed by atoms with Crippen LogP contribution in [0.2, 0.25) is 0 Å². The highest BCUT2D eigenvalue weighted by Gasteiger charge is 2.60. The number of pyridine rings is 1. The lowest BCUT2D eigenvalue weighted by Crippen LogP contribution is -2.55. The number of carbonyl (C=O) groups is 2. The Bertz CT molecular complexity index is 946. The molecule has 3 fully saturated rings. The van der Waals surface area contributed by atoms with Gasteiger partial charge in [-0.2, -0.15) is 0 Å². The van der Waals surface area contributed by atoms with Crippen LogP contribution < -0.4 is 0 Å². The minimum absolute atomic E-state index is 0.0341. The van der Waals surface area contributed by atoms with Gasteiger partial charge in [-0.25, -0.2) is 0 Å². The number of piperidine rings is 1. The minimum Gasteiger partial charge on any atom is -0.335 e. The fourth-order valence-electron chi connectivity index (χ4n) is 6.13. The predicted octanol–water partition coefficient (Wildman–Crippen LogP) is 3.60. The average Bonchev–Trinajstić information content (AvgIpc) is 3.28. The smallest absolute Gasteiger partial charge is 0.256 e. The van der Waals surface area contributed by atoms with Gasteiger partial charge in [0.1, 0.15) is 0 Å². The summed E-state index contributed by atoms with van der Waals surface area (Å²) in [7, 11) is 0. The first-order chi connectivity index (χ1) is 14.0. The van der Waals surface area contributed by atoms with Crippen LogP contribution in [0.3, 0.4) is 0 Å². The third kappa shape index (κ3) is 2.81. The van der Waals surface area contributed by atoms with Crippen LogP contribution in [0.15, 0.2) is 30.0 Å². The molecule has 1 aliphatic carbocycles. The molecule has 2 aromatic rings. The minimum atomic E-state index is -0.0341. The molecule has 0 unspecified atom stereocenters. The van der Waals surface area contributed by atoms with Crippen LogP contribution in [0.1, 0.15) is 56.3 Å². The van der Waals surface area contributed by atoms with E-state index in [9.17, 15) is 9.59 Å². The summed E-state index contributed by atoms with van der Waals surface area (Å²) in [5, 5.41) is 0. The maximum atomic E-state index is 13.8. The Kier molecular flexibility index (Phi) is 4.46. The summed E-state index contributed by atoms with van der Waals surface area (Å²) in [5.41, 5.74) is 3.07. The molecule has 5 rings (SSSR count). The van der Waals surface area contributed by atoms with E-state index < -0.39 is 0 Å². The molecule has 2 bridgehead atoms. The molecule has 152 valence electrons. The normalized spacial score (nSPS) is 30.9. The molecule has 1 saturated carbocycles. The lowest BCUT2D eigenvalue weighted by Gasteiger charge is -2.46. The molecule has 0 radical (unpaired) electrons. The summed E-state index contributed by atoms with van der Waals surface area (Å²) in [4.78, 5) is 40.1. The number of carbonyl (C=O) groups excluding carboxylic acids is 2. The topological polar surface area (TPSA) is 66.4 Å². The maximum absolute atomic E-state index is 13.8. The van der Waals surface area contributed by atoms with Gasteiger partial charge in [0.05, 0.1) is 27.7 Å². The number of amides is 2. The highest BCUT2D eigenvalue weighted by atomic mass is 32.1. The first kappa shape index (κ1) is 18.7. The van der Waals surface area contributed by atoms with Crippen molar-refractivity contribution in [3.05, 3.63) is 35.6 Å².